The molecular formula is C20H21F3N2O2. The zero-order valence-electron chi connectivity index (χ0n) is 15.1. The Labute approximate surface area is 155 Å². The van der Waals surface area contributed by atoms with Gasteiger partial charge in [-0.15, -0.1) is 0 Å². The minimum atomic E-state index is -4.40. The number of hydrogen-bond donors (Lipinski definition) is 2. The van der Waals surface area contributed by atoms with Crippen LogP contribution in [-0.4, -0.2) is 24.9 Å². The van der Waals surface area contributed by atoms with Crippen molar-refractivity contribution in [1.82, 2.24) is 10.6 Å². The lowest BCUT2D eigenvalue weighted by Crippen LogP contribution is -2.36. The van der Waals surface area contributed by atoms with Crippen molar-refractivity contribution in [3.05, 3.63) is 59.7 Å². The molecule has 2 rings (SSSR count). The summed E-state index contributed by atoms with van der Waals surface area (Å²) in [7, 11) is 0. The van der Waals surface area contributed by atoms with Crippen molar-refractivity contribution in [3.63, 3.8) is 0 Å². The molecule has 2 aromatic rings. The van der Waals surface area contributed by atoms with Crippen molar-refractivity contribution in [2.45, 2.75) is 20.0 Å². The highest BCUT2D eigenvalue weighted by Gasteiger charge is 2.30. The molecule has 4 nitrogen and oxygen atoms in total. The summed E-state index contributed by atoms with van der Waals surface area (Å²) in [5.41, 5.74) is 0.682. The molecule has 27 heavy (non-hydrogen) atoms. The molecule has 2 amide bonds. The minimum Gasteiger partial charge on any atom is -0.354 e. The third kappa shape index (κ3) is 5.84. The number of benzene rings is 2. The quantitative estimate of drug-likeness (QED) is 0.750. The first-order chi connectivity index (χ1) is 12.7. The van der Waals surface area contributed by atoms with Crippen molar-refractivity contribution in [2.24, 2.45) is 5.92 Å². The fourth-order valence-electron chi connectivity index (χ4n) is 2.36. The third-order valence-electron chi connectivity index (χ3n) is 3.90. The first-order valence-electron chi connectivity index (χ1n) is 8.52. The molecule has 2 aromatic carbocycles. The van der Waals surface area contributed by atoms with Crippen LogP contribution in [0.4, 0.5) is 13.2 Å². The number of nitrogens with one attached hydrogen (secondary N) is 2. The first kappa shape index (κ1) is 20.5. The standard InChI is InChI=1S/C20H21F3N2O2/c1-13(2)18(26)24-10-11-25-19(27)15-8-6-14(7-9-15)16-4-3-5-17(12-16)20(21,22)23/h3-9,12-13H,10-11H2,1-2H3,(H,24,26)(H,25,27). The number of halogens is 3. The Kier molecular flexibility index (Phi) is 6.60. The summed E-state index contributed by atoms with van der Waals surface area (Å²) in [4.78, 5) is 23.5. The van der Waals surface area contributed by atoms with E-state index >= 15 is 0 Å². The van der Waals surface area contributed by atoms with E-state index in [0.717, 1.165) is 12.1 Å². The average molecular weight is 378 g/mol. The number of alkyl halides is 3. The van der Waals surface area contributed by atoms with Crippen LogP contribution in [0.5, 0.6) is 0 Å². The normalized spacial score (nSPS) is 11.3. The van der Waals surface area contributed by atoms with E-state index in [1.165, 1.54) is 6.07 Å². The van der Waals surface area contributed by atoms with Crippen LogP contribution >= 0.6 is 0 Å². The SMILES string of the molecule is CC(C)C(=O)NCCNC(=O)c1ccc(-c2cccc(C(F)(F)F)c2)cc1. The van der Waals surface area contributed by atoms with Gasteiger partial charge in [0, 0.05) is 24.6 Å². The zero-order chi connectivity index (χ0) is 20.0. The highest BCUT2D eigenvalue weighted by molar-refractivity contribution is 5.94. The molecule has 0 fully saturated rings. The van der Waals surface area contributed by atoms with Crippen molar-refractivity contribution < 1.29 is 22.8 Å². The molecule has 0 heterocycles. The van der Waals surface area contributed by atoms with E-state index < -0.39 is 11.7 Å². The van der Waals surface area contributed by atoms with E-state index in [9.17, 15) is 22.8 Å². The molecule has 0 saturated carbocycles. The summed E-state index contributed by atoms with van der Waals surface area (Å²) < 4.78 is 38.4. The van der Waals surface area contributed by atoms with Gasteiger partial charge in [0.05, 0.1) is 5.56 Å². The number of carbonyl (C=O) groups excluding carboxylic acids is 2. The maximum Gasteiger partial charge on any atom is 0.416 e. The molecule has 0 atom stereocenters. The number of carbonyl (C=O) groups is 2. The summed E-state index contributed by atoms with van der Waals surface area (Å²) >= 11 is 0. The van der Waals surface area contributed by atoms with Gasteiger partial charge in [0.1, 0.15) is 0 Å². The fraction of sp³-hybridized carbons (Fsp3) is 0.300. The molecule has 2 N–H and O–H groups in total. The summed E-state index contributed by atoms with van der Waals surface area (Å²) in [6.45, 7) is 4.16. The van der Waals surface area contributed by atoms with Crippen LogP contribution in [0.25, 0.3) is 11.1 Å². The van der Waals surface area contributed by atoms with Crippen LogP contribution < -0.4 is 10.6 Å². The summed E-state index contributed by atoms with van der Waals surface area (Å²) in [6, 6.07) is 11.3. The maximum absolute atomic E-state index is 12.8. The van der Waals surface area contributed by atoms with Gasteiger partial charge in [-0.05, 0) is 35.4 Å². The van der Waals surface area contributed by atoms with Crippen LogP contribution in [0.15, 0.2) is 48.5 Å². The van der Waals surface area contributed by atoms with Crippen LogP contribution in [0.3, 0.4) is 0 Å². The number of amides is 2. The van der Waals surface area contributed by atoms with E-state index in [2.05, 4.69) is 10.6 Å². The van der Waals surface area contributed by atoms with Gasteiger partial charge in [-0.3, -0.25) is 9.59 Å². The third-order valence-corrected chi connectivity index (χ3v) is 3.90. The van der Waals surface area contributed by atoms with Gasteiger partial charge in [-0.2, -0.15) is 13.2 Å². The molecule has 144 valence electrons. The Hall–Kier alpha value is -2.83. The molecule has 0 unspecified atom stereocenters. The Balaban J connectivity index is 1.97. The second-order valence-electron chi connectivity index (χ2n) is 6.36. The molecular weight excluding hydrogens is 357 g/mol. The van der Waals surface area contributed by atoms with Gasteiger partial charge < -0.3 is 10.6 Å². The van der Waals surface area contributed by atoms with E-state index in [-0.39, 0.29) is 24.3 Å². The predicted octanol–water partition coefficient (Wildman–Crippen LogP) is 3.87. The van der Waals surface area contributed by atoms with Crippen molar-refractivity contribution in [3.8, 4) is 11.1 Å². The maximum atomic E-state index is 12.8. The molecule has 0 aliphatic heterocycles. The van der Waals surface area contributed by atoms with Gasteiger partial charge in [-0.1, -0.05) is 38.1 Å². The minimum absolute atomic E-state index is 0.0883. The van der Waals surface area contributed by atoms with Crippen LogP contribution in [0.1, 0.15) is 29.8 Å². The average Bonchev–Trinajstić information content (AvgIpc) is 2.64. The number of hydrogen-bond acceptors (Lipinski definition) is 2. The van der Waals surface area contributed by atoms with Crippen molar-refractivity contribution in [1.29, 1.82) is 0 Å². The fourth-order valence-corrected chi connectivity index (χ4v) is 2.36. The molecule has 7 heteroatoms. The lowest BCUT2D eigenvalue weighted by molar-refractivity contribution is -0.137. The lowest BCUT2D eigenvalue weighted by Gasteiger charge is -2.10. The van der Waals surface area contributed by atoms with Crippen molar-refractivity contribution in [2.75, 3.05) is 13.1 Å². The monoisotopic (exact) mass is 378 g/mol. The topological polar surface area (TPSA) is 58.2 Å². The van der Waals surface area contributed by atoms with Gasteiger partial charge in [0.2, 0.25) is 5.91 Å². The molecule has 0 bridgehead atoms. The molecule has 0 aliphatic carbocycles. The second-order valence-corrected chi connectivity index (χ2v) is 6.36. The largest absolute Gasteiger partial charge is 0.416 e. The molecule has 0 aromatic heterocycles. The van der Waals surface area contributed by atoms with Gasteiger partial charge >= 0.3 is 6.18 Å². The number of rotatable bonds is 6. The molecule has 0 radical (unpaired) electrons. The van der Waals surface area contributed by atoms with Gasteiger partial charge in [0.15, 0.2) is 0 Å². The summed E-state index contributed by atoms with van der Waals surface area (Å²) in [6.07, 6.45) is -4.40. The van der Waals surface area contributed by atoms with Crippen LogP contribution in [-0.2, 0) is 11.0 Å². The van der Waals surface area contributed by atoms with Gasteiger partial charge in [-0.25, -0.2) is 0 Å². The summed E-state index contributed by atoms with van der Waals surface area (Å²) in [5.74, 6) is -0.525. The van der Waals surface area contributed by atoms with E-state index in [1.807, 2.05) is 0 Å². The van der Waals surface area contributed by atoms with E-state index in [0.29, 0.717) is 23.2 Å². The highest BCUT2D eigenvalue weighted by atomic mass is 19.4. The molecule has 0 spiro atoms. The van der Waals surface area contributed by atoms with Gasteiger partial charge in [0.25, 0.3) is 5.91 Å². The summed E-state index contributed by atoms with van der Waals surface area (Å²) in [5, 5.41) is 5.37. The Morgan fingerprint density at radius 1 is 0.926 bits per heavy atom. The van der Waals surface area contributed by atoms with E-state index in [4.69, 9.17) is 0 Å². The van der Waals surface area contributed by atoms with E-state index in [1.54, 1.807) is 44.2 Å². The molecule has 0 saturated heterocycles. The Morgan fingerprint density at radius 3 is 2.15 bits per heavy atom. The second kappa shape index (κ2) is 8.70. The van der Waals surface area contributed by atoms with Crippen LogP contribution in [0.2, 0.25) is 0 Å². The Morgan fingerprint density at radius 2 is 1.56 bits per heavy atom. The van der Waals surface area contributed by atoms with Crippen LogP contribution in [0, 0.1) is 5.92 Å². The smallest absolute Gasteiger partial charge is 0.354 e. The first-order valence-corrected chi connectivity index (χ1v) is 8.52. The highest BCUT2D eigenvalue weighted by Crippen LogP contribution is 2.32. The Bertz CT molecular complexity index is 800. The zero-order valence-corrected chi connectivity index (χ0v) is 15.1. The lowest BCUT2D eigenvalue weighted by atomic mass is 10.0. The molecule has 0 aliphatic rings. The predicted molar refractivity (Wildman–Crippen MR) is 97.1 cm³/mol. The van der Waals surface area contributed by atoms with Crippen molar-refractivity contribution >= 4 is 11.8 Å².